The van der Waals surface area contributed by atoms with Crippen molar-refractivity contribution < 1.29 is 4.42 Å². The molecule has 11 aromatic rings. The number of furan rings is 1. The van der Waals surface area contributed by atoms with Gasteiger partial charge >= 0.3 is 0 Å². The second-order valence-corrected chi connectivity index (χ2v) is 16.7. The van der Waals surface area contributed by atoms with Crippen molar-refractivity contribution in [3.63, 3.8) is 0 Å². The van der Waals surface area contributed by atoms with Crippen LogP contribution in [-0.4, -0.2) is 0 Å². The van der Waals surface area contributed by atoms with Gasteiger partial charge in [0.15, 0.2) is 0 Å². The molecule has 56 heavy (non-hydrogen) atoms. The Morgan fingerprint density at radius 1 is 0.482 bits per heavy atom. The van der Waals surface area contributed by atoms with E-state index in [0.717, 1.165) is 33.3 Å². The first kappa shape index (κ1) is 31.6. The van der Waals surface area contributed by atoms with Crippen molar-refractivity contribution in [1.29, 1.82) is 0 Å². The van der Waals surface area contributed by atoms with Gasteiger partial charge in [-0.15, -0.1) is 11.3 Å². The van der Waals surface area contributed by atoms with Gasteiger partial charge in [-0.3, -0.25) is 0 Å². The van der Waals surface area contributed by atoms with Crippen molar-refractivity contribution >= 4 is 92.1 Å². The molecule has 2 heterocycles. The summed E-state index contributed by atoms with van der Waals surface area (Å²) in [6.45, 7) is 4.72. The van der Waals surface area contributed by atoms with Crippen molar-refractivity contribution in [2.75, 3.05) is 4.90 Å². The number of hydrogen-bond donors (Lipinski definition) is 0. The smallest absolute Gasteiger partial charge is 0.143 e. The van der Waals surface area contributed by atoms with Crippen molar-refractivity contribution in [3.05, 3.63) is 187 Å². The molecule has 0 saturated heterocycles. The van der Waals surface area contributed by atoms with Gasteiger partial charge in [0.1, 0.15) is 11.2 Å². The zero-order valence-electron chi connectivity index (χ0n) is 31.0. The molecule has 1 aliphatic rings. The first-order valence-corrected chi connectivity index (χ1v) is 20.1. The van der Waals surface area contributed by atoms with Crippen LogP contribution in [0.4, 0.5) is 17.1 Å². The molecular weight excluding hydrogens is 699 g/mol. The van der Waals surface area contributed by atoms with Crippen molar-refractivity contribution in [2.24, 2.45) is 0 Å². The van der Waals surface area contributed by atoms with E-state index in [-0.39, 0.29) is 5.41 Å². The third-order valence-corrected chi connectivity index (χ3v) is 13.4. The molecule has 0 aliphatic heterocycles. The van der Waals surface area contributed by atoms with Gasteiger partial charge in [0.25, 0.3) is 0 Å². The quantitative estimate of drug-likeness (QED) is 0.179. The fraction of sp³-hybridized carbons (Fsp3) is 0.0566. The summed E-state index contributed by atoms with van der Waals surface area (Å²) in [6, 6.07) is 64.6. The van der Waals surface area contributed by atoms with Crippen LogP contribution in [0.2, 0.25) is 0 Å². The Hall–Kier alpha value is -6.68. The largest absolute Gasteiger partial charge is 0.455 e. The lowest BCUT2D eigenvalue weighted by Crippen LogP contribution is -2.16. The van der Waals surface area contributed by atoms with E-state index in [0.29, 0.717) is 0 Å². The number of hydrogen-bond acceptors (Lipinski definition) is 3. The summed E-state index contributed by atoms with van der Waals surface area (Å²) < 4.78 is 9.18. The topological polar surface area (TPSA) is 16.4 Å². The summed E-state index contributed by atoms with van der Waals surface area (Å²) in [5, 5.41) is 9.70. The first-order valence-electron chi connectivity index (χ1n) is 19.3. The van der Waals surface area contributed by atoms with E-state index < -0.39 is 0 Å². The van der Waals surface area contributed by atoms with Gasteiger partial charge in [-0.05, 0) is 104 Å². The minimum absolute atomic E-state index is 0.116. The highest BCUT2D eigenvalue weighted by molar-refractivity contribution is 7.26. The number of anilines is 3. The Morgan fingerprint density at radius 2 is 1.20 bits per heavy atom. The lowest BCUT2D eigenvalue weighted by atomic mass is 9.82. The minimum atomic E-state index is -0.116. The van der Waals surface area contributed by atoms with Crippen LogP contribution in [0.25, 0.3) is 85.9 Å². The number of nitrogens with zero attached hydrogens (tertiary/aromatic N) is 1. The van der Waals surface area contributed by atoms with Gasteiger partial charge < -0.3 is 9.32 Å². The first-order chi connectivity index (χ1) is 27.5. The maximum Gasteiger partial charge on any atom is 0.143 e. The van der Waals surface area contributed by atoms with E-state index >= 15 is 0 Å². The number of thiophene rings is 1. The van der Waals surface area contributed by atoms with E-state index in [1.165, 1.54) is 80.8 Å². The van der Waals surface area contributed by atoms with Crippen LogP contribution in [0.3, 0.4) is 0 Å². The molecule has 0 radical (unpaired) electrons. The molecule has 264 valence electrons. The van der Waals surface area contributed by atoms with Crippen LogP contribution in [0.15, 0.2) is 180 Å². The molecule has 9 aromatic carbocycles. The number of fused-ring (bicyclic) bond motifs is 13. The fourth-order valence-electron chi connectivity index (χ4n) is 9.47. The van der Waals surface area contributed by atoms with Crippen LogP contribution >= 0.6 is 11.3 Å². The van der Waals surface area contributed by atoms with Crippen molar-refractivity contribution in [3.8, 4) is 22.3 Å². The monoisotopic (exact) mass is 733 g/mol. The van der Waals surface area contributed by atoms with Crippen LogP contribution in [0, 0.1) is 0 Å². The van der Waals surface area contributed by atoms with Crippen LogP contribution in [-0.2, 0) is 5.41 Å². The molecule has 0 saturated carbocycles. The predicted octanol–water partition coefficient (Wildman–Crippen LogP) is 15.7. The number of rotatable bonds is 4. The Kier molecular flexibility index (Phi) is 6.59. The van der Waals surface area contributed by atoms with E-state index in [9.17, 15) is 0 Å². The molecule has 0 N–H and O–H groups in total. The third kappa shape index (κ3) is 4.49. The molecule has 0 unspecified atom stereocenters. The molecule has 2 aromatic heterocycles. The average molecular weight is 734 g/mol. The summed E-state index contributed by atoms with van der Waals surface area (Å²) in [7, 11) is 0. The summed E-state index contributed by atoms with van der Waals surface area (Å²) in [4.78, 5) is 2.47. The normalized spacial score (nSPS) is 13.3. The summed E-state index contributed by atoms with van der Waals surface area (Å²) in [6.07, 6.45) is 0. The molecule has 12 rings (SSSR count). The Balaban J connectivity index is 1.08. The van der Waals surface area contributed by atoms with Crippen molar-refractivity contribution in [2.45, 2.75) is 19.3 Å². The van der Waals surface area contributed by atoms with Crippen LogP contribution in [0.1, 0.15) is 25.0 Å². The Morgan fingerprint density at radius 3 is 2.09 bits per heavy atom. The van der Waals surface area contributed by atoms with E-state index in [1.807, 2.05) is 11.3 Å². The summed E-state index contributed by atoms with van der Waals surface area (Å²) in [5.74, 6) is 0. The van der Waals surface area contributed by atoms with Gasteiger partial charge in [0.05, 0.1) is 10.4 Å². The van der Waals surface area contributed by atoms with E-state index in [1.54, 1.807) is 0 Å². The second-order valence-electron chi connectivity index (χ2n) is 15.7. The molecule has 0 spiro atoms. The van der Waals surface area contributed by atoms with Gasteiger partial charge in [0.2, 0.25) is 0 Å². The summed E-state index contributed by atoms with van der Waals surface area (Å²) >= 11 is 1.87. The maximum absolute atomic E-state index is 6.66. The molecule has 0 bridgehead atoms. The highest BCUT2D eigenvalue weighted by atomic mass is 32.1. The van der Waals surface area contributed by atoms with Crippen LogP contribution < -0.4 is 4.90 Å². The minimum Gasteiger partial charge on any atom is -0.455 e. The average Bonchev–Trinajstić information content (AvgIpc) is 3.89. The lowest BCUT2D eigenvalue weighted by molar-refractivity contribution is 0.660. The molecule has 0 fully saturated rings. The fourth-order valence-corrected chi connectivity index (χ4v) is 10.7. The van der Waals surface area contributed by atoms with Gasteiger partial charge in [-0.1, -0.05) is 135 Å². The van der Waals surface area contributed by atoms with Gasteiger partial charge in [-0.25, -0.2) is 0 Å². The molecule has 0 amide bonds. The highest BCUT2D eigenvalue weighted by Gasteiger charge is 2.36. The van der Waals surface area contributed by atoms with E-state index in [4.69, 9.17) is 4.42 Å². The van der Waals surface area contributed by atoms with Crippen LogP contribution in [0.5, 0.6) is 0 Å². The summed E-state index contributed by atoms with van der Waals surface area (Å²) in [5.41, 5.74) is 13.0. The van der Waals surface area contributed by atoms with E-state index in [2.05, 4.69) is 195 Å². The van der Waals surface area contributed by atoms with Gasteiger partial charge in [0, 0.05) is 48.4 Å². The Bertz CT molecular complexity index is 3400. The molecular formula is C53H35NOS. The SMILES string of the molecule is CC1(C)c2ccccc2-c2ccc(N(c3ccc(-c4ccc5ccccc5c4)cc3)c3cccc4c3sc3ccc5oc6c7ccccc7ccc6c5c34)cc21. The molecule has 3 heteroatoms. The molecule has 0 atom stereocenters. The molecule has 1 aliphatic carbocycles. The van der Waals surface area contributed by atoms with Gasteiger partial charge in [-0.2, -0.15) is 0 Å². The predicted molar refractivity (Wildman–Crippen MR) is 239 cm³/mol. The Labute approximate surface area is 328 Å². The zero-order valence-corrected chi connectivity index (χ0v) is 31.8. The lowest BCUT2D eigenvalue weighted by Gasteiger charge is -2.28. The third-order valence-electron chi connectivity index (χ3n) is 12.2. The maximum atomic E-state index is 6.66. The standard InChI is InChI=1S/C53H35NOS/c1-53(2)44-16-8-7-14-40(44)41-27-25-38(31-45(41)53)54(37-23-20-33(21-24-37)36-19-18-32-10-3-4-12-35(32)30-36)46-17-9-15-43-50-48(56-52(43)46)29-28-47-49(50)42-26-22-34-11-5-6-13-39(34)51(42)55-47/h3-31H,1-2H3. The molecule has 2 nitrogen and oxygen atoms in total. The van der Waals surface area contributed by atoms with Crippen molar-refractivity contribution in [1.82, 2.24) is 0 Å². The number of benzene rings is 9. The second kappa shape index (κ2) is 11.7. The zero-order chi connectivity index (χ0) is 37.1. The highest BCUT2D eigenvalue weighted by Crippen LogP contribution is 2.52.